The number of carbonyl (C=O) groups excluding carboxylic acids is 2. The van der Waals surface area contributed by atoms with E-state index in [9.17, 15) is 9.59 Å². The van der Waals surface area contributed by atoms with Gasteiger partial charge in [0.2, 0.25) is 5.91 Å². The van der Waals surface area contributed by atoms with E-state index in [0.29, 0.717) is 37.4 Å². The summed E-state index contributed by atoms with van der Waals surface area (Å²) in [6.07, 6.45) is 5.03. The van der Waals surface area contributed by atoms with Gasteiger partial charge in [-0.2, -0.15) is 5.10 Å². The Kier molecular flexibility index (Phi) is 6.82. The van der Waals surface area contributed by atoms with Crippen molar-refractivity contribution in [2.75, 3.05) is 19.6 Å². The molecule has 0 aliphatic carbocycles. The Morgan fingerprint density at radius 1 is 1.18 bits per heavy atom. The number of aryl methyl sites for hydroxylation is 3. The Hall–Kier alpha value is -3.55. The van der Waals surface area contributed by atoms with Crippen LogP contribution in [-0.2, 0) is 24.3 Å². The second kappa shape index (κ2) is 9.94. The molecule has 0 saturated carbocycles. The van der Waals surface area contributed by atoms with E-state index in [1.165, 1.54) is 0 Å². The number of aromatic nitrogens is 4. The van der Waals surface area contributed by atoms with Crippen LogP contribution in [0.2, 0.25) is 0 Å². The van der Waals surface area contributed by atoms with Crippen molar-refractivity contribution >= 4 is 11.8 Å². The Labute approximate surface area is 194 Å². The van der Waals surface area contributed by atoms with Gasteiger partial charge < -0.3 is 9.80 Å². The summed E-state index contributed by atoms with van der Waals surface area (Å²) < 4.78 is 1.88. The van der Waals surface area contributed by atoms with E-state index in [1.54, 1.807) is 16.0 Å². The van der Waals surface area contributed by atoms with E-state index in [2.05, 4.69) is 15.1 Å². The van der Waals surface area contributed by atoms with Gasteiger partial charge in [0.15, 0.2) is 5.82 Å². The second-order valence-electron chi connectivity index (χ2n) is 8.25. The van der Waals surface area contributed by atoms with Crippen LogP contribution in [0.1, 0.15) is 47.6 Å². The molecule has 2 aromatic heterocycles. The maximum absolute atomic E-state index is 13.2. The summed E-state index contributed by atoms with van der Waals surface area (Å²) in [5, 5.41) is 4.47. The number of benzene rings is 1. The largest absolute Gasteiger partial charge is 0.337 e. The van der Waals surface area contributed by atoms with Crippen molar-refractivity contribution in [3.63, 3.8) is 0 Å². The minimum atomic E-state index is -0.179. The van der Waals surface area contributed by atoms with Crippen molar-refractivity contribution in [1.29, 1.82) is 0 Å². The molecule has 0 fully saturated rings. The summed E-state index contributed by atoms with van der Waals surface area (Å²) in [7, 11) is 0. The number of hydrogen-bond acceptors (Lipinski definition) is 5. The zero-order valence-corrected chi connectivity index (χ0v) is 19.5. The molecule has 0 N–H and O–H groups in total. The SMILES string of the molecule is CCN(Cc1cn(CC)nc1C)C(=O)CN1CCCc2nc(-c3ccccc3)ncc2C1=O. The molecule has 3 heterocycles. The van der Waals surface area contributed by atoms with Crippen molar-refractivity contribution in [3.8, 4) is 11.4 Å². The zero-order valence-electron chi connectivity index (χ0n) is 19.5. The topological polar surface area (TPSA) is 84.2 Å². The minimum absolute atomic E-state index is 0.0491. The first-order valence-corrected chi connectivity index (χ1v) is 11.5. The van der Waals surface area contributed by atoms with Gasteiger partial charge in [-0.1, -0.05) is 30.3 Å². The Balaban J connectivity index is 1.48. The normalized spacial score (nSPS) is 13.5. The summed E-state index contributed by atoms with van der Waals surface area (Å²) >= 11 is 0. The summed E-state index contributed by atoms with van der Waals surface area (Å²) in [5.74, 6) is 0.369. The fraction of sp³-hybridized carbons (Fsp3) is 0.400. The summed E-state index contributed by atoms with van der Waals surface area (Å²) in [4.78, 5) is 38.9. The number of hydrogen-bond donors (Lipinski definition) is 0. The molecule has 8 heteroatoms. The lowest BCUT2D eigenvalue weighted by atomic mass is 10.1. The smallest absolute Gasteiger partial charge is 0.257 e. The van der Waals surface area contributed by atoms with Crippen LogP contribution in [0.3, 0.4) is 0 Å². The van der Waals surface area contributed by atoms with Crippen molar-refractivity contribution in [2.45, 2.75) is 46.7 Å². The number of nitrogens with zero attached hydrogens (tertiary/aromatic N) is 6. The predicted molar refractivity (Wildman–Crippen MR) is 125 cm³/mol. The average Bonchev–Trinajstić information content (AvgIpc) is 3.13. The van der Waals surface area contributed by atoms with E-state index in [1.807, 2.05) is 62.0 Å². The standard InChI is InChI=1S/C25H30N6O2/c1-4-29(15-20-16-31(5-2)28-18(20)3)23(32)17-30-13-9-12-22-21(25(30)33)14-26-24(27-22)19-10-7-6-8-11-19/h6-8,10-11,14,16H,4-5,9,12-13,15,17H2,1-3H3. The lowest BCUT2D eigenvalue weighted by molar-refractivity contribution is -0.132. The Bertz CT molecular complexity index is 1140. The molecule has 8 nitrogen and oxygen atoms in total. The fourth-order valence-corrected chi connectivity index (χ4v) is 4.09. The highest BCUT2D eigenvalue weighted by Gasteiger charge is 2.27. The van der Waals surface area contributed by atoms with Crippen LogP contribution in [0.25, 0.3) is 11.4 Å². The van der Waals surface area contributed by atoms with Gasteiger partial charge in [0.25, 0.3) is 5.91 Å². The molecule has 0 unspecified atom stereocenters. The molecule has 0 spiro atoms. The highest BCUT2D eigenvalue weighted by atomic mass is 16.2. The Morgan fingerprint density at radius 3 is 2.67 bits per heavy atom. The van der Waals surface area contributed by atoms with Crippen LogP contribution in [0, 0.1) is 6.92 Å². The molecule has 1 aromatic carbocycles. The highest BCUT2D eigenvalue weighted by molar-refractivity contribution is 5.97. The number of rotatable bonds is 7. The third kappa shape index (κ3) is 4.94. The van der Waals surface area contributed by atoms with Crippen LogP contribution >= 0.6 is 0 Å². The average molecular weight is 447 g/mol. The molecule has 0 saturated heterocycles. The summed E-state index contributed by atoms with van der Waals surface area (Å²) in [5.41, 5.74) is 4.11. The van der Waals surface area contributed by atoms with Crippen molar-refractivity contribution in [3.05, 3.63) is 65.2 Å². The van der Waals surface area contributed by atoms with E-state index >= 15 is 0 Å². The van der Waals surface area contributed by atoms with Gasteiger partial charge >= 0.3 is 0 Å². The molecule has 0 radical (unpaired) electrons. The van der Waals surface area contributed by atoms with Crippen molar-refractivity contribution in [1.82, 2.24) is 29.5 Å². The zero-order chi connectivity index (χ0) is 23.4. The van der Waals surface area contributed by atoms with Gasteiger partial charge in [-0.25, -0.2) is 9.97 Å². The maximum Gasteiger partial charge on any atom is 0.257 e. The number of amides is 2. The number of fused-ring (bicyclic) bond motifs is 1. The molecule has 1 aliphatic rings. The van der Waals surface area contributed by atoms with E-state index in [0.717, 1.165) is 35.5 Å². The minimum Gasteiger partial charge on any atom is -0.337 e. The molecule has 33 heavy (non-hydrogen) atoms. The van der Waals surface area contributed by atoms with Crippen molar-refractivity contribution < 1.29 is 9.59 Å². The van der Waals surface area contributed by atoms with E-state index in [-0.39, 0.29) is 18.4 Å². The van der Waals surface area contributed by atoms with Crippen LogP contribution in [0.4, 0.5) is 0 Å². The molecule has 3 aromatic rings. The van der Waals surface area contributed by atoms with Crippen LogP contribution in [-0.4, -0.2) is 61.0 Å². The van der Waals surface area contributed by atoms with Gasteiger partial charge in [-0.05, 0) is 33.6 Å². The monoisotopic (exact) mass is 446 g/mol. The molecular weight excluding hydrogens is 416 g/mol. The highest BCUT2D eigenvalue weighted by Crippen LogP contribution is 2.21. The molecule has 172 valence electrons. The van der Waals surface area contributed by atoms with Gasteiger partial charge in [0.05, 0.1) is 17.0 Å². The van der Waals surface area contributed by atoms with Gasteiger partial charge in [0, 0.05) is 49.7 Å². The van der Waals surface area contributed by atoms with Gasteiger partial charge in [-0.3, -0.25) is 14.3 Å². The predicted octanol–water partition coefficient (Wildman–Crippen LogP) is 3.11. The molecule has 1 aliphatic heterocycles. The molecule has 0 atom stereocenters. The third-order valence-electron chi connectivity index (χ3n) is 6.05. The van der Waals surface area contributed by atoms with Gasteiger partial charge in [0.1, 0.15) is 6.54 Å². The lowest BCUT2D eigenvalue weighted by Gasteiger charge is -2.26. The molecule has 0 bridgehead atoms. The molecular formula is C25H30N6O2. The summed E-state index contributed by atoms with van der Waals surface area (Å²) in [6.45, 7) is 8.36. The third-order valence-corrected chi connectivity index (χ3v) is 6.05. The van der Waals surface area contributed by atoms with Crippen LogP contribution < -0.4 is 0 Å². The van der Waals surface area contributed by atoms with Gasteiger partial charge in [-0.15, -0.1) is 0 Å². The van der Waals surface area contributed by atoms with Crippen LogP contribution in [0.15, 0.2) is 42.7 Å². The quantitative estimate of drug-likeness (QED) is 0.557. The summed E-state index contributed by atoms with van der Waals surface area (Å²) in [6, 6.07) is 9.74. The van der Waals surface area contributed by atoms with E-state index in [4.69, 9.17) is 0 Å². The maximum atomic E-state index is 13.2. The second-order valence-corrected chi connectivity index (χ2v) is 8.25. The first-order chi connectivity index (χ1) is 16.0. The number of likely N-dealkylation sites (N-methyl/N-ethyl adjacent to an activating group) is 1. The first kappa shape index (κ1) is 22.6. The van der Waals surface area contributed by atoms with Crippen LogP contribution in [0.5, 0.6) is 0 Å². The first-order valence-electron chi connectivity index (χ1n) is 11.5. The fourth-order valence-electron chi connectivity index (χ4n) is 4.09. The lowest BCUT2D eigenvalue weighted by Crippen LogP contribution is -2.42. The molecule has 2 amide bonds. The van der Waals surface area contributed by atoms with E-state index < -0.39 is 0 Å². The molecule has 4 rings (SSSR count). The van der Waals surface area contributed by atoms with Crippen molar-refractivity contribution in [2.24, 2.45) is 0 Å². The number of carbonyl (C=O) groups is 2. The Morgan fingerprint density at radius 2 is 1.97 bits per heavy atom.